The van der Waals surface area contributed by atoms with Gasteiger partial charge in [-0.05, 0) is 48.1 Å². The first-order valence-corrected chi connectivity index (χ1v) is 11.1. The molecule has 1 aromatic heterocycles. The van der Waals surface area contributed by atoms with Crippen molar-refractivity contribution in [3.05, 3.63) is 65.2 Å². The van der Waals surface area contributed by atoms with Gasteiger partial charge in [0.1, 0.15) is 0 Å². The Kier molecular flexibility index (Phi) is 7.46. The number of carbonyl (C=O) groups excluding carboxylic acids is 1. The summed E-state index contributed by atoms with van der Waals surface area (Å²) in [4.78, 5) is 20.3. The van der Waals surface area contributed by atoms with Gasteiger partial charge in [-0.1, -0.05) is 75.0 Å². The smallest absolute Gasteiger partial charge is 0.253 e. The quantitative estimate of drug-likeness (QED) is 0.276. The Balaban J connectivity index is 1.57. The van der Waals surface area contributed by atoms with Crippen LogP contribution in [0.15, 0.2) is 64.4 Å². The van der Waals surface area contributed by atoms with E-state index in [-0.39, 0.29) is 11.2 Å². The van der Waals surface area contributed by atoms with Crippen molar-refractivity contribution in [1.29, 1.82) is 0 Å². The van der Waals surface area contributed by atoms with Gasteiger partial charge < -0.3 is 4.98 Å². The van der Waals surface area contributed by atoms with Crippen molar-refractivity contribution in [2.75, 3.05) is 0 Å². The number of amides is 1. The molecule has 156 valence electrons. The molecular weight excluding hydrogens is 392 g/mol. The van der Waals surface area contributed by atoms with Crippen LogP contribution < -0.4 is 5.43 Å². The molecule has 1 atom stereocenters. The normalized spacial score (nSPS) is 13.3. The number of para-hydroxylation sites is 2. The van der Waals surface area contributed by atoms with Gasteiger partial charge in [0, 0.05) is 0 Å². The average molecular weight is 421 g/mol. The molecule has 0 bridgehead atoms. The molecule has 6 heteroatoms. The van der Waals surface area contributed by atoms with Crippen molar-refractivity contribution in [2.45, 2.75) is 50.4 Å². The third kappa shape index (κ3) is 5.83. The topological polar surface area (TPSA) is 70.1 Å². The predicted octanol–water partition coefficient (Wildman–Crippen LogP) is 5.76. The Morgan fingerprint density at radius 2 is 1.93 bits per heavy atom. The fourth-order valence-corrected chi connectivity index (χ4v) is 3.91. The van der Waals surface area contributed by atoms with E-state index >= 15 is 0 Å². The highest BCUT2D eigenvalue weighted by Crippen LogP contribution is 2.25. The van der Waals surface area contributed by atoms with Crippen molar-refractivity contribution in [1.82, 2.24) is 15.4 Å². The lowest BCUT2D eigenvalue weighted by Gasteiger charge is -2.10. The lowest BCUT2D eigenvalue weighted by atomic mass is 10.0. The maximum absolute atomic E-state index is 12.5. The number of benzene rings is 2. The second-order valence-corrected chi connectivity index (χ2v) is 8.71. The number of rotatable bonds is 8. The zero-order chi connectivity index (χ0) is 21.5. The van der Waals surface area contributed by atoms with Gasteiger partial charge in [0.25, 0.3) is 5.91 Å². The number of fused-ring (bicyclic) bond motifs is 1. The molecule has 0 fully saturated rings. The van der Waals surface area contributed by atoms with Crippen molar-refractivity contribution >= 4 is 41.0 Å². The lowest BCUT2D eigenvalue weighted by Crippen LogP contribution is -2.28. The Bertz CT molecular complexity index is 1020. The molecule has 1 heterocycles. The summed E-state index contributed by atoms with van der Waals surface area (Å²) in [5, 5.41) is 4.60. The minimum absolute atomic E-state index is 0.131. The van der Waals surface area contributed by atoms with E-state index in [2.05, 4.69) is 58.6 Å². The van der Waals surface area contributed by atoms with Crippen LogP contribution in [0.1, 0.15) is 51.2 Å². The summed E-state index contributed by atoms with van der Waals surface area (Å²) in [5.41, 5.74) is 7.92. The SMILES string of the molecule is CC[C@@H](Sc1nc2ccccc2[nH]1)C(=O)NN=C/C(C)=C\c1ccc(C(C)C)cc1. The van der Waals surface area contributed by atoms with Gasteiger partial charge >= 0.3 is 0 Å². The van der Waals surface area contributed by atoms with Crippen molar-refractivity contribution in [3.8, 4) is 0 Å². The number of nitrogens with zero attached hydrogens (tertiary/aromatic N) is 2. The molecule has 3 aromatic rings. The first-order valence-electron chi connectivity index (χ1n) is 10.2. The third-order valence-corrected chi connectivity index (χ3v) is 5.97. The van der Waals surface area contributed by atoms with Gasteiger partial charge in [-0.25, -0.2) is 10.4 Å². The van der Waals surface area contributed by atoms with Crippen molar-refractivity contribution in [3.63, 3.8) is 0 Å². The number of thioether (sulfide) groups is 1. The fraction of sp³-hybridized carbons (Fsp3) is 0.292. The van der Waals surface area contributed by atoms with E-state index < -0.39 is 0 Å². The number of imidazole rings is 1. The average Bonchev–Trinajstić information content (AvgIpc) is 3.14. The summed E-state index contributed by atoms with van der Waals surface area (Å²) in [6.07, 6.45) is 4.40. The highest BCUT2D eigenvalue weighted by molar-refractivity contribution is 8.00. The zero-order valence-electron chi connectivity index (χ0n) is 17.8. The highest BCUT2D eigenvalue weighted by Gasteiger charge is 2.19. The van der Waals surface area contributed by atoms with Crippen LogP contribution >= 0.6 is 11.8 Å². The van der Waals surface area contributed by atoms with Crippen LogP contribution in [0, 0.1) is 0 Å². The number of hydrogen-bond acceptors (Lipinski definition) is 4. The fourth-order valence-electron chi connectivity index (χ4n) is 2.99. The molecule has 2 N–H and O–H groups in total. The van der Waals surface area contributed by atoms with E-state index in [0.717, 1.165) is 27.3 Å². The molecular formula is C24H28N4OS. The largest absolute Gasteiger partial charge is 0.333 e. The van der Waals surface area contributed by atoms with Gasteiger partial charge in [0.05, 0.1) is 22.5 Å². The molecule has 0 aliphatic heterocycles. The Morgan fingerprint density at radius 1 is 1.20 bits per heavy atom. The monoisotopic (exact) mass is 420 g/mol. The van der Waals surface area contributed by atoms with E-state index in [1.54, 1.807) is 6.21 Å². The second kappa shape index (κ2) is 10.3. The van der Waals surface area contributed by atoms with Crippen LogP contribution in [-0.4, -0.2) is 27.3 Å². The molecule has 1 amide bonds. The summed E-state index contributed by atoms with van der Waals surface area (Å²) < 4.78 is 0. The summed E-state index contributed by atoms with van der Waals surface area (Å²) in [6.45, 7) is 8.31. The molecule has 0 saturated carbocycles. The van der Waals surface area contributed by atoms with Crippen LogP contribution in [0.3, 0.4) is 0 Å². The van der Waals surface area contributed by atoms with Gasteiger partial charge in [-0.2, -0.15) is 5.10 Å². The maximum atomic E-state index is 12.5. The molecule has 0 saturated heterocycles. The molecule has 2 aromatic carbocycles. The third-order valence-electron chi connectivity index (χ3n) is 4.73. The minimum atomic E-state index is -0.268. The summed E-state index contributed by atoms with van der Waals surface area (Å²) >= 11 is 1.42. The van der Waals surface area contributed by atoms with E-state index in [4.69, 9.17) is 0 Å². The Labute approximate surface area is 182 Å². The standard InChI is InChI=1S/C24H28N4OS/c1-5-22(30-24-26-20-8-6-7-9-21(20)27-24)23(29)28-25-15-17(4)14-18-10-12-19(13-11-18)16(2)3/h6-16,22H,5H2,1-4H3,(H,26,27)(H,28,29)/b17-14-,25-15?/t22-/m1/s1. The minimum Gasteiger partial charge on any atom is -0.333 e. The van der Waals surface area contributed by atoms with Crippen molar-refractivity contribution in [2.24, 2.45) is 5.10 Å². The Morgan fingerprint density at radius 3 is 2.60 bits per heavy atom. The molecule has 0 radical (unpaired) electrons. The van der Waals surface area contributed by atoms with Crippen LogP contribution in [-0.2, 0) is 4.79 Å². The highest BCUT2D eigenvalue weighted by atomic mass is 32.2. The van der Waals surface area contributed by atoms with Gasteiger partial charge in [-0.15, -0.1) is 0 Å². The number of carbonyl (C=O) groups is 1. The van der Waals surface area contributed by atoms with E-state index in [1.165, 1.54) is 17.3 Å². The van der Waals surface area contributed by atoms with Gasteiger partial charge in [0.15, 0.2) is 5.16 Å². The van der Waals surface area contributed by atoms with Crippen molar-refractivity contribution < 1.29 is 4.79 Å². The molecule has 3 rings (SSSR count). The lowest BCUT2D eigenvalue weighted by molar-refractivity contribution is -0.120. The van der Waals surface area contributed by atoms with Crippen LogP contribution in [0.4, 0.5) is 0 Å². The molecule has 0 aliphatic rings. The number of allylic oxidation sites excluding steroid dienone is 1. The summed E-state index contributed by atoms with van der Waals surface area (Å²) in [6, 6.07) is 16.3. The molecule has 0 spiro atoms. The van der Waals surface area contributed by atoms with E-state index in [0.29, 0.717) is 12.3 Å². The first-order chi connectivity index (χ1) is 14.5. The van der Waals surface area contributed by atoms with Crippen LogP contribution in [0.5, 0.6) is 0 Å². The summed E-state index contributed by atoms with van der Waals surface area (Å²) in [5.74, 6) is 0.387. The van der Waals surface area contributed by atoms with Gasteiger partial charge in [-0.3, -0.25) is 4.79 Å². The number of aromatic amines is 1. The number of aromatic nitrogens is 2. The predicted molar refractivity (Wildman–Crippen MR) is 127 cm³/mol. The number of nitrogens with one attached hydrogen (secondary N) is 2. The van der Waals surface area contributed by atoms with E-state index in [9.17, 15) is 4.79 Å². The molecule has 0 aliphatic carbocycles. The zero-order valence-corrected chi connectivity index (χ0v) is 18.7. The second-order valence-electron chi connectivity index (χ2n) is 7.52. The molecule has 5 nitrogen and oxygen atoms in total. The molecule has 30 heavy (non-hydrogen) atoms. The Hall–Kier alpha value is -2.86. The maximum Gasteiger partial charge on any atom is 0.253 e. The van der Waals surface area contributed by atoms with Crippen LogP contribution in [0.2, 0.25) is 0 Å². The van der Waals surface area contributed by atoms with Crippen LogP contribution in [0.25, 0.3) is 17.1 Å². The number of H-pyrrole nitrogens is 1. The summed E-state index contributed by atoms with van der Waals surface area (Å²) in [7, 11) is 0. The van der Waals surface area contributed by atoms with E-state index in [1.807, 2.05) is 44.2 Å². The number of hydrogen-bond donors (Lipinski definition) is 2. The molecule has 0 unspecified atom stereocenters. The first kappa shape index (κ1) is 21.8. The number of hydrazone groups is 1. The van der Waals surface area contributed by atoms with Gasteiger partial charge in [0.2, 0.25) is 0 Å².